The van der Waals surface area contributed by atoms with Gasteiger partial charge in [0, 0.05) is 35.6 Å². The first-order valence-corrected chi connectivity index (χ1v) is 16.5. The number of aliphatic hydroxyl groups excluding tert-OH is 1. The zero-order valence-corrected chi connectivity index (χ0v) is 27.2. The van der Waals surface area contributed by atoms with Gasteiger partial charge in [-0.05, 0) is 46.5 Å². The molecular formula is C37H38N2O8S. The van der Waals surface area contributed by atoms with Crippen molar-refractivity contribution in [2.45, 2.75) is 55.4 Å². The summed E-state index contributed by atoms with van der Waals surface area (Å²) >= 11 is 1.59. The highest BCUT2D eigenvalue weighted by atomic mass is 32.2. The number of carboxylic acids is 1. The highest BCUT2D eigenvalue weighted by molar-refractivity contribution is 7.99. The number of hydrogen-bond donors (Lipinski definition) is 4. The van der Waals surface area contributed by atoms with Gasteiger partial charge in [-0.15, -0.1) is 11.8 Å². The van der Waals surface area contributed by atoms with Crippen molar-refractivity contribution in [2.24, 2.45) is 0 Å². The molecular weight excluding hydrogens is 632 g/mol. The second-order valence-electron chi connectivity index (χ2n) is 11.3. The van der Waals surface area contributed by atoms with Crippen molar-refractivity contribution in [3.05, 3.63) is 137 Å². The van der Waals surface area contributed by atoms with Crippen molar-refractivity contribution in [3.8, 4) is 0 Å². The molecule has 0 radical (unpaired) electrons. The van der Waals surface area contributed by atoms with Crippen LogP contribution >= 0.6 is 11.8 Å². The van der Waals surface area contributed by atoms with Gasteiger partial charge in [-0.2, -0.15) is 0 Å². The number of carbonyl (C=O) groups is 3. The van der Waals surface area contributed by atoms with Gasteiger partial charge in [-0.3, -0.25) is 0 Å². The number of benzene rings is 4. The van der Waals surface area contributed by atoms with Crippen molar-refractivity contribution >= 4 is 29.7 Å². The minimum Gasteiger partial charge on any atom is -0.478 e. The average molecular weight is 671 g/mol. The van der Waals surface area contributed by atoms with E-state index in [0.29, 0.717) is 18.6 Å². The highest BCUT2D eigenvalue weighted by Crippen LogP contribution is 2.39. The lowest BCUT2D eigenvalue weighted by molar-refractivity contribution is -0.245. The van der Waals surface area contributed by atoms with Crippen LogP contribution in [0.15, 0.2) is 108 Å². The Bertz CT molecular complexity index is 1650. The third-order valence-corrected chi connectivity index (χ3v) is 9.07. The molecule has 4 atom stereocenters. The molecule has 1 aliphatic rings. The molecule has 0 spiro atoms. The van der Waals surface area contributed by atoms with Crippen LogP contribution < -0.4 is 10.6 Å². The van der Waals surface area contributed by atoms with E-state index < -0.39 is 30.3 Å². The van der Waals surface area contributed by atoms with Crippen molar-refractivity contribution in [1.29, 1.82) is 0 Å². The van der Waals surface area contributed by atoms with Crippen molar-refractivity contribution in [3.63, 3.8) is 0 Å². The van der Waals surface area contributed by atoms with Gasteiger partial charge in [-0.1, -0.05) is 78.9 Å². The van der Waals surface area contributed by atoms with Crippen LogP contribution in [-0.4, -0.2) is 53.2 Å². The molecule has 4 N–H and O–H groups in total. The summed E-state index contributed by atoms with van der Waals surface area (Å²) < 4.78 is 17.7. The minimum absolute atomic E-state index is 0.0418. The van der Waals surface area contributed by atoms with E-state index in [4.69, 9.17) is 14.2 Å². The van der Waals surface area contributed by atoms with Crippen LogP contribution in [0.2, 0.25) is 0 Å². The van der Waals surface area contributed by atoms with Crippen LogP contribution in [0.25, 0.3) is 0 Å². The molecule has 0 saturated carbocycles. The number of esters is 1. The Morgan fingerprint density at radius 1 is 0.854 bits per heavy atom. The molecule has 0 aliphatic carbocycles. The van der Waals surface area contributed by atoms with E-state index >= 15 is 0 Å². The molecule has 1 heterocycles. The number of urea groups is 1. The fourth-order valence-electron chi connectivity index (χ4n) is 5.28. The second kappa shape index (κ2) is 16.9. The maximum absolute atomic E-state index is 12.7. The van der Waals surface area contributed by atoms with Crippen LogP contribution in [0, 0.1) is 0 Å². The molecule has 1 aliphatic heterocycles. The van der Waals surface area contributed by atoms with Gasteiger partial charge in [-0.25, -0.2) is 14.4 Å². The van der Waals surface area contributed by atoms with Crippen LogP contribution in [0.5, 0.6) is 0 Å². The number of amides is 2. The predicted octanol–water partition coefficient (Wildman–Crippen LogP) is 5.80. The molecule has 2 amide bonds. The molecule has 48 heavy (non-hydrogen) atoms. The van der Waals surface area contributed by atoms with Gasteiger partial charge in [0.05, 0.1) is 31.5 Å². The fraction of sp³-hybridized carbons (Fsp3) is 0.270. The number of ether oxygens (including phenoxy) is 3. The number of carbonyl (C=O) groups excluding carboxylic acids is 2. The molecule has 5 rings (SSSR count). The van der Waals surface area contributed by atoms with Gasteiger partial charge < -0.3 is 35.1 Å². The maximum Gasteiger partial charge on any atom is 0.335 e. The summed E-state index contributed by atoms with van der Waals surface area (Å²) in [5.41, 5.74) is 4.58. The van der Waals surface area contributed by atoms with Crippen molar-refractivity contribution in [2.75, 3.05) is 12.9 Å². The lowest BCUT2D eigenvalue weighted by Crippen LogP contribution is -2.47. The smallest absolute Gasteiger partial charge is 0.335 e. The summed E-state index contributed by atoms with van der Waals surface area (Å²) in [4.78, 5) is 37.2. The summed E-state index contributed by atoms with van der Waals surface area (Å²) in [6.07, 6.45) is -0.145. The number of methoxy groups -OCH3 is 1. The number of aliphatic hydroxyl groups is 1. The first-order valence-electron chi connectivity index (χ1n) is 15.5. The monoisotopic (exact) mass is 670 g/mol. The molecule has 0 bridgehead atoms. The first kappa shape index (κ1) is 34.6. The SMILES string of the molecule is COC(=O)[C@H](Cc1ccccc1)NC(=O)NCc1ccc([C@@H]2O[C@H](CSc3ccc(C(=O)O)cc3)C[C@H](c3ccc(CO)cc3)O2)cc1. The zero-order valence-electron chi connectivity index (χ0n) is 26.4. The number of rotatable bonds is 13. The standard InChI is InChI=1S/C37H38N2O8S/c1-45-35(43)32(19-24-5-3-2-4-6-24)39-37(44)38-21-25-7-13-29(14-8-25)36-46-30(23-48-31-17-15-28(16-18-31)34(41)42)20-33(47-36)27-11-9-26(22-40)10-12-27/h2-18,30,32-33,36,40H,19-23H2,1H3,(H,41,42)(H2,38,39,44)/t30-,32-,33+,36+/m0/s1. The van der Waals surface area contributed by atoms with Crippen molar-refractivity contribution in [1.82, 2.24) is 10.6 Å². The van der Waals surface area contributed by atoms with E-state index in [9.17, 15) is 24.6 Å². The first-order chi connectivity index (χ1) is 23.3. The Labute approximate surface area is 283 Å². The van der Waals surface area contributed by atoms with E-state index in [-0.39, 0.29) is 30.9 Å². The molecule has 1 saturated heterocycles. The molecule has 0 unspecified atom stereocenters. The van der Waals surface area contributed by atoms with Crippen LogP contribution in [0.1, 0.15) is 57.0 Å². The molecule has 4 aromatic rings. The van der Waals surface area contributed by atoms with Gasteiger partial charge in [0.1, 0.15) is 6.04 Å². The van der Waals surface area contributed by atoms with Crippen molar-refractivity contribution < 1.29 is 38.8 Å². The lowest BCUT2D eigenvalue weighted by atomic mass is 10.0. The number of nitrogens with one attached hydrogen (secondary N) is 2. The Morgan fingerprint density at radius 2 is 1.52 bits per heavy atom. The van der Waals surface area contributed by atoms with Gasteiger partial charge in [0.15, 0.2) is 6.29 Å². The van der Waals surface area contributed by atoms with Crippen LogP contribution in [0.4, 0.5) is 4.79 Å². The highest BCUT2D eigenvalue weighted by Gasteiger charge is 2.32. The lowest BCUT2D eigenvalue weighted by Gasteiger charge is -2.36. The zero-order chi connectivity index (χ0) is 33.9. The predicted molar refractivity (Wildman–Crippen MR) is 180 cm³/mol. The van der Waals surface area contributed by atoms with Gasteiger partial charge in [0.2, 0.25) is 0 Å². The Balaban J connectivity index is 1.22. The third kappa shape index (κ3) is 9.68. The molecule has 4 aromatic carbocycles. The summed E-state index contributed by atoms with van der Waals surface area (Å²) in [5, 5.41) is 24.2. The summed E-state index contributed by atoms with van der Waals surface area (Å²) in [6.45, 7) is 0.192. The Hall–Kier alpha value is -4.68. The van der Waals surface area contributed by atoms with Crippen LogP contribution in [-0.2, 0) is 38.6 Å². The molecule has 250 valence electrons. The fourth-order valence-corrected chi connectivity index (χ4v) is 6.20. The number of hydrogen-bond acceptors (Lipinski definition) is 8. The Kier molecular flexibility index (Phi) is 12.2. The third-order valence-electron chi connectivity index (χ3n) is 7.93. The maximum atomic E-state index is 12.7. The molecule has 1 fully saturated rings. The average Bonchev–Trinajstić information content (AvgIpc) is 3.13. The molecule has 10 nitrogen and oxygen atoms in total. The Morgan fingerprint density at radius 3 is 2.17 bits per heavy atom. The van der Waals surface area contributed by atoms with E-state index in [1.54, 1.807) is 36.0 Å². The van der Waals surface area contributed by atoms with Crippen LogP contribution in [0.3, 0.4) is 0 Å². The summed E-state index contributed by atoms with van der Waals surface area (Å²) in [6, 6.07) is 30.1. The largest absolute Gasteiger partial charge is 0.478 e. The topological polar surface area (TPSA) is 143 Å². The molecule has 11 heteroatoms. The normalized spacial score (nSPS) is 18.0. The quantitative estimate of drug-likeness (QED) is 0.103. The second-order valence-corrected chi connectivity index (χ2v) is 12.4. The van der Waals surface area contributed by atoms with Gasteiger partial charge in [0.25, 0.3) is 0 Å². The number of thioether (sulfide) groups is 1. The molecule has 0 aromatic heterocycles. The van der Waals surface area contributed by atoms with E-state index in [2.05, 4.69) is 10.6 Å². The van der Waals surface area contributed by atoms with Gasteiger partial charge >= 0.3 is 18.0 Å². The van der Waals surface area contributed by atoms with E-state index in [0.717, 1.165) is 32.7 Å². The summed E-state index contributed by atoms with van der Waals surface area (Å²) in [7, 11) is 1.29. The number of aromatic carboxylic acids is 1. The summed E-state index contributed by atoms with van der Waals surface area (Å²) in [5.74, 6) is -0.861. The van der Waals surface area contributed by atoms with E-state index in [1.165, 1.54) is 7.11 Å². The number of carboxylic acid groups (broad SMARTS) is 1. The van der Waals surface area contributed by atoms with E-state index in [1.807, 2.05) is 78.9 Å². The minimum atomic E-state index is -0.965.